The van der Waals surface area contributed by atoms with E-state index in [1.807, 2.05) is 0 Å². The Balaban J connectivity index is 2.00. The summed E-state index contributed by atoms with van der Waals surface area (Å²) in [5, 5.41) is 1.39. The minimum Gasteiger partial charge on any atom is -0.350 e. The first-order valence-corrected chi connectivity index (χ1v) is 6.64. The van der Waals surface area contributed by atoms with Gasteiger partial charge in [0.15, 0.2) is 0 Å². The van der Waals surface area contributed by atoms with Gasteiger partial charge in [-0.25, -0.2) is 0 Å². The van der Waals surface area contributed by atoms with Crippen LogP contribution in [0.4, 0.5) is 0 Å². The maximum absolute atomic E-state index is 5.55. The van der Waals surface area contributed by atoms with Crippen molar-refractivity contribution >= 4 is 10.9 Å². The minimum atomic E-state index is 0.741. The molecule has 3 nitrogen and oxygen atoms in total. The summed E-state index contributed by atoms with van der Waals surface area (Å²) in [5.41, 5.74) is 8.32. The highest BCUT2D eigenvalue weighted by atomic mass is 15.1. The zero-order chi connectivity index (χ0) is 13.0. The van der Waals surface area contributed by atoms with Gasteiger partial charge in [-0.05, 0) is 38.1 Å². The van der Waals surface area contributed by atoms with Crippen LogP contribution in [0.25, 0.3) is 10.9 Å². The molecule has 0 spiro atoms. The van der Waals surface area contributed by atoms with Crippen LogP contribution in [0, 0.1) is 0 Å². The Labute approximate surface area is 109 Å². The van der Waals surface area contributed by atoms with Gasteiger partial charge in [0.25, 0.3) is 0 Å². The summed E-state index contributed by atoms with van der Waals surface area (Å²) in [7, 11) is 4.25. The Morgan fingerprint density at radius 1 is 1.22 bits per heavy atom. The predicted molar refractivity (Wildman–Crippen MR) is 77.8 cm³/mol. The normalized spacial score (nSPS) is 11.6. The Bertz CT molecular complexity index is 501. The molecule has 0 fully saturated rings. The van der Waals surface area contributed by atoms with E-state index in [2.05, 4.69) is 54.0 Å². The minimum absolute atomic E-state index is 0.741. The second-order valence-electron chi connectivity index (χ2n) is 4.98. The van der Waals surface area contributed by atoms with E-state index < -0.39 is 0 Å². The zero-order valence-electron chi connectivity index (χ0n) is 11.4. The Hall–Kier alpha value is -1.32. The third kappa shape index (κ3) is 2.92. The van der Waals surface area contributed by atoms with E-state index in [1.165, 1.54) is 22.9 Å². The van der Waals surface area contributed by atoms with Crippen molar-refractivity contribution in [2.45, 2.75) is 12.8 Å². The van der Waals surface area contributed by atoms with Crippen molar-refractivity contribution in [2.24, 2.45) is 12.8 Å². The molecule has 0 aliphatic heterocycles. The van der Waals surface area contributed by atoms with Crippen LogP contribution in [0.15, 0.2) is 30.5 Å². The molecule has 2 N–H and O–H groups in total. The molecule has 98 valence electrons. The number of aromatic nitrogens is 1. The molecule has 1 heterocycles. The van der Waals surface area contributed by atoms with Crippen molar-refractivity contribution in [2.75, 3.05) is 26.7 Å². The van der Waals surface area contributed by atoms with Gasteiger partial charge in [0.05, 0.1) is 0 Å². The zero-order valence-corrected chi connectivity index (χ0v) is 11.4. The summed E-state index contributed by atoms with van der Waals surface area (Å²) in [5.74, 6) is 0. The topological polar surface area (TPSA) is 34.2 Å². The van der Waals surface area contributed by atoms with Crippen molar-refractivity contribution in [1.29, 1.82) is 0 Å². The average molecular weight is 245 g/mol. The quantitative estimate of drug-likeness (QED) is 0.844. The maximum Gasteiger partial charge on any atom is 0.0480 e. The van der Waals surface area contributed by atoms with Gasteiger partial charge in [0.1, 0.15) is 0 Å². The first-order chi connectivity index (χ1) is 8.72. The molecule has 0 saturated heterocycles. The van der Waals surface area contributed by atoms with E-state index in [-0.39, 0.29) is 0 Å². The molecule has 1 aromatic carbocycles. The Kier molecular flexibility index (Phi) is 4.39. The van der Waals surface area contributed by atoms with E-state index in [4.69, 9.17) is 5.73 Å². The maximum atomic E-state index is 5.55. The molecule has 3 heteroatoms. The monoisotopic (exact) mass is 245 g/mol. The second-order valence-corrected chi connectivity index (χ2v) is 4.98. The van der Waals surface area contributed by atoms with Gasteiger partial charge >= 0.3 is 0 Å². The molecule has 0 amide bonds. The lowest BCUT2D eigenvalue weighted by Gasteiger charge is -2.14. The summed E-state index contributed by atoms with van der Waals surface area (Å²) in [6.07, 6.45) is 4.58. The van der Waals surface area contributed by atoms with Crippen LogP contribution in [0.3, 0.4) is 0 Å². The molecular weight excluding hydrogens is 222 g/mol. The Morgan fingerprint density at radius 3 is 2.78 bits per heavy atom. The van der Waals surface area contributed by atoms with Crippen LogP contribution in [0.2, 0.25) is 0 Å². The average Bonchev–Trinajstić information content (AvgIpc) is 2.68. The summed E-state index contributed by atoms with van der Waals surface area (Å²) >= 11 is 0. The number of nitrogens with two attached hydrogens (primary N) is 1. The summed E-state index contributed by atoms with van der Waals surface area (Å²) in [6, 6.07) is 8.61. The molecule has 0 aliphatic rings. The number of fused-ring (bicyclic) bond motifs is 1. The van der Waals surface area contributed by atoms with Crippen LogP contribution >= 0.6 is 0 Å². The van der Waals surface area contributed by atoms with Gasteiger partial charge in [-0.3, -0.25) is 0 Å². The van der Waals surface area contributed by atoms with Crippen molar-refractivity contribution in [3.8, 4) is 0 Å². The van der Waals surface area contributed by atoms with Gasteiger partial charge in [0.2, 0.25) is 0 Å². The van der Waals surface area contributed by atoms with E-state index >= 15 is 0 Å². The fourth-order valence-electron chi connectivity index (χ4n) is 2.50. The lowest BCUT2D eigenvalue weighted by Crippen LogP contribution is -2.26. The lowest BCUT2D eigenvalue weighted by atomic mass is 10.1. The molecule has 0 bridgehead atoms. The third-order valence-corrected chi connectivity index (χ3v) is 3.48. The van der Waals surface area contributed by atoms with E-state index in [0.29, 0.717) is 0 Å². The van der Waals surface area contributed by atoms with Crippen molar-refractivity contribution < 1.29 is 0 Å². The van der Waals surface area contributed by atoms with Crippen LogP contribution in [-0.2, 0) is 13.5 Å². The molecule has 0 aliphatic carbocycles. The lowest BCUT2D eigenvalue weighted by molar-refractivity contribution is 0.338. The number of para-hydroxylation sites is 1. The highest BCUT2D eigenvalue weighted by Crippen LogP contribution is 2.21. The van der Waals surface area contributed by atoms with Crippen molar-refractivity contribution in [3.05, 3.63) is 36.0 Å². The van der Waals surface area contributed by atoms with Gasteiger partial charge < -0.3 is 15.2 Å². The smallest absolute Gasteiger partial charge is 0.0480 e. The SMILES string of the molecule is CN(CCN)CCCc1cn(C)c2ccccc12. The molecule has 0 saturated carbocycles. The number of rotatable bonds is 6. The standard InChI is InChI=1S/C15H23N3/c1-17(11-9-16)10-5-6-13-12-18(2)15-8-4-3-7-14(13)15/h3-4,7-8,12H,5-6,9-11,16H2,1-2H3. The van der Waals surface area contributed by atoms with Crippen LogP contribution in [-0.4, -0.2) is 36.1 Å². The second kappa shape index (κ2) is 6.03. The number of hydrogen-bond donors (Lipinski definition) is 1. The third-order valence-electron chi connectivity index (χ3n) is 3.48. The number of aryl methyl sites for hydroxylation is 2. The fourth-order valence-corrected chi connectivity index (χ4v) is 2.50. The summed E-state index contributed by atoms with van der Waals surface area (Å²) in [4.78, 5) is 2.30. The van der Waals surface area contributed by atoms with Gasteiger partial charge in [-0.15, -0.1) is 0 Å². The van der Waals surface area contributed by atoms with E-state index in [1.54, 1.807) is 0 Å². The number of benzene rings is 1. The highest BCUT2D eigenvalue weighted by molar-refractivity contribution is 5.83. The van der Waals surface area contributed by atoms with E-state index in [0.717, 1.165) is 26.1 Å². The Morgan fingerprint density at radius 2 is 2.00 bits per heavy atom. The highest BCUT2D eigenvalue weighted by Gasteiger charge is 2.05. The molecule has 0 atom stereocenters. The fraction of sp³-hybridized carbons (Fsp3) is 0.467. The predicted octanol–water partition coefficient (Wildman–Crippen LogP) is 2.00. The van der Waals surface area contributed by atoms with Crippen molar-refractivity contribution in [1.82, 2.24) is 9.47 Å². The molecule has 0 radical (unpaired) electrons. The van der Waals surface area contributed by atoms with Crippen LogP contribution in [0.1, 0.15) is 12.0 Å². The number of nitrogens with zero attached hydrogens (tertiary/aromatic N) is 2. The summed E-state index contributed by atoms with van der Waals surface area (Å²) in [6.45, 7) is 2.83. The number of likely N-dealkylation sites (N-methyl/N-ethyl adjacent to an activating group) is 1. The van der Waals surface area contributed by atoms with Gasteiger partial charge in [-0.2, -0.15) is 0 Å². The van der Waals surface area contributed by atoms with Gasteiger partial charge in [-0.1, -0.05) is 18.2 Å². The van der Waals surface area contributed by atoms with Crippen LogP contribution in [0.5, 0.6) is 0 Å². The molecule has 1 aromatic heterocycles. The van der Waals surface area contributed by atoms with Crippen LogP contribution < -0.4 is 5.73 Å². The largest absolute Gasteiger partial charge is 0.350 e. The van der Waals surface area contributed by atoms with Crippen molar-refractivity contribution in [3.63, 3.8) is 0 Å². The molecule has 2 rings (SSSR count). The molecular formula is C15H23N3. The van der Waals surface area contributed by atoms with Gasteiger partial charge in [0, 0.05) is 37.2 Å². The molecule has 18 heavy (non-hydrogen) atoms. The molecule has 0 unspecified atom stereocenters. The summed E-state index contributed by atoms with van der Waals surface area (Å²) < 4.78 is 2.22. The first kappa shape index (κ1) is 13.1. The number of hydrogen-bond acceptors (Lipinski definition) is 2. The first-order valence-electron chi connectivity index (χ1n) is 6.64. The van der Waals surface area contributed by atoms with E-state index in [9.17, 15) is 0 Å². The molecule has 2 aromatic rings.